The van der Waals surface area contributed by atoms with Crippen molar-refractivity contribution in [3.8, 4) is 6.07 Å². The van der Waals surface area contributed by atoms with Crippen LogP contribution in [0.15, 0.2) is 60.7 Å². The van der Waals surface area contributed by atoms with Crippen LogP contribution in [-0.2, 0) is 22.7 Å². The molecule has 0 saturated carbocycles. The maximum absolute atomic E-state index is 12.3. The van der Waals surface area contributed by atoms with Crippen molar-refractivity contribution in [1.82, 2.24) is 10.2 Å². The number of ether oxygens (including phenoxy) is 2. The van der Waals surface area contributed by atoms with Crippen LogP contribution >= 0.6 is 0 Å². The van der Waals surface area contributed by atoms with E-state index in [4.69, 9.17) is 14.7 Å². The fraction of sp³-hybridized carbons (Fsp3) is 0.250. The molecule has 140 valence electrons. The van der Waals surface area contributed by atoms with E-state index in [2.05, 4.69) is 5.32 Å². The van der Waals surface area contributed by atoms with Gasteiger partial charge in [-0.25, -0.2) is 14.5 Å². The van der Waals surface area contributed by atoms with Crippen LogP contribution in [-0.4, -0.2) is 36.7 Å². The first-order chi connectivity index (χ1) is 13.2. The molecule has 0 aliphatic rings. The van der Waals surface area contributed by atoms with Gasteiger partial charge in [0, 0.05) is 0 Å². The first-order valence-corrected chi connectivity index (χ1v) is 8.45. The Bertz CT molecular complexity index is 760. The van der Waals surface area contributed by atoms with Crippen LogP contribution in [0.3, 0.4) is 0 Å². The number of hydrogen-bond donors (Lipinski definition) is 1. The maximum atomic E-state index is 12.3. The van der Waals surface area contributed by atoms with Crippen molar-refractivity contribution in [2.75, 3.05) is 19.7 Å². The van der Waals surface area contributed by atoms with Crippen LogP contribution < -0.4 is 5.32 Å². The zero-order valence-electron chi connectivity index (χ0n) is 14.8. The van der Waals surface area contributed by atoms with Gasteiger partial charge in [0.05, 0.1) is 25.8 Å². The summed E-state index contributed by atoms with van der Waals surface area (Å²) in [5.41, 5.74) is 1.80. The summed E-state index contributed by atoms with van der Waals surface area (Å²) in [5.74, 6) is 0. The van der Waals surface area contributed by atoms with Crippen LogP contribution in [0.5, 0.6) is 0 Å². The third kappa shape index (κ3) is 7.18. The lowest BCUT2D eigenvalue weighted by molar-refractivity contribution is 0.0760. The van der Waals surface area contributed by atoms with E-state index in [1.54, 1.807) is 6.07 Å². The molecule has 0 aliphatic carbocycles. The van der Waals surface area contributed by atoms with Crippen molar-refractivity contribution < 1.29 is 19.1 Å². The third-order valence-corrected chi connectivity index (χ3v) is 3.56. The van der Waals surface area contributed by atoms with Gasteiger partial charge in [0.25, 0.3) is 0 Å². The van der Waals surface area contributed by atoms with Gasteiger partial charge in [0.15, 0.2) is 0 Å². The summed E-state index contributed by atoms with van der Waals surface area (Å²) in [5, 5.41) is 10.9. The standard InChI is InChI=1S/C20H21N3O4/c21-11-12-22-19(24)23(13-14-26-15-17-7-3-1-4-8-17)20(25)27-16-18-9-5-2-6-10-18/h1-10H,12-16H2,(H,22,24). The number of hydrogen-bond acceptors (Lipinski definition) is 5. The average Bonchev–Trinajstić information content (AvgIpc) is 2.72. The molecule has 3 amide bonds. The minimum absolute atomic E-state index is 0.0116. The summed E-state index contributed by atoms with van der Waals surface area (Å²) in [6.45, 7) is 0.374. The topological polar surface area (TPSA) is 91.7 Å². The van der Waals surface area contributed by atoms with E-state index >= 15 is 0 Å². The number of nitriles is 1. The lowest BCUT2D eigenvalue weighted by atomic mass is 10.2. The van der Waals surface area contributed by atoms with Gasteiger partial charge in [-0.1, -0.05) is 60.7 Å². The summed E-state index contributed by atoms with van der Waals surface area (Å²) < 4.78 is 10.7. The van der Waals surface area contributed by atoms with E-state index in [1.165, 1.54) is 0 Å². The van der Waals surface area contributed by atoms with E-state index in [-0.39, 0.29) is 26.3 Å². The fourth-order valence-corrected chi connectivity index (χ4v) is 2.20. The van der Waals surface area contributed by atoms with Crippen molar-refractivity contribution in [3.05, 3.63) is 71.8 Å². The monoisotopic (exact) mass is 367 g/mol. The number of rotatable bonds is 8. The Hall–Kier alpha value is -3.37. The second-order valence-corrected chi connectivity index (χ2v) is 5.55. The zero-order valence-corrected chi connectivity index (χ0v) is 14.8. The molecule has 0 fully saturated rings. The lowest BCUT2D eigenvalue weighted by Crippen LogP contribution is -2.45. The molecule has 1 N–H and O–H groups in total. The molecule has 0 unspecified atom stereocenters. The number of imide groups is 1. The zero-order chi connectivity index (χ0) is 19.3. The Balaban J connectivity index is 1.86. The Kier molecular flexibility index (Phi) is 8.34. The largest absolute Gasteiger partial charge is 0.444 e. The van der Waals surface area contributed by atoms with Crippen molar-refractivity contribution in [1.29, 1.82) is 5.26 Å². The second kappa shape index (κ2) is 11.3. The molecule has 0 aromatic heterocycles. The summed E-state index contributed by atoms with van der Waals surface area (Å²) in [7, 11) is 0. The van der Waals surface area contributed by atoms with Gasteiger partial charge in [0.1, 0.15) is 13.2 Å². The molecule has 2 aromatic rings. The molecule has 0 aliphatic heterocycles. The molecular weight excluding hydrogens is 346 g/mol. The van der Waals surface area contributed by atoms with Crippen LogP contribution in [0.2, 0.25) is 0 Å². The molecule has 7 nitrogen and oxygen atoms in total. The molecule has 0 atom stereocenters. The van der Waals surface area contributed by atoms with E-state index in [1.807, 2.05) is 60.7 Å². The van der Waals surface area contributed by atoms with Gasteiger partial charge >= 0.3 is 12.1 Å². The van der Waals surface area contributed by atoms with Gasteiger partial charge in [0.2, 0.25) is 0 Å². The minimum atomic E-state index is -0.794. The Morgan fingerprint density at radius 3 is 2.15 bits per heavy atom. The smallest absolute Gasteiger partial charge is 0.418 e. The maximum Gasteiger partial charge on any atom is 0.418 e. The molecule has 0 heterocycles. The number of amides is 3. The van der Waals surface area contributed by atoms with Crippen LogP contribution in [0, 0.1) is 11.3 Å². The minimum Gasteiger partial charge on any atom is -0.444 e. The first-order valence-electron chi connectivity index (χ1n) is 8.45. The molecule has 0 bridgehead atoms. The number of urea groups is 1. The molecule has 7 heteroatoms. The van der Waals surface area contributed by atoms with E-state index in [9.17, 15) is 9.59 Å². The molecule has 27 heavy (non-hydrogen) atoms. The Morgan fingerprint density at radius 2 is 1.56 bits per heavy atom. The Morgan fingerprint density at radius 1 is 0.963 bits per heavy atom. The number of carbonyl (C=O) groups excluding carboxylic acids is 2. The van der Waals surface area contributed by atoms with Gasteiger partial charge in [-0.2, -0.15) is 5.26 Å². The van der Waals surface area contributed by atoms with Crippen molar-refractivity contribution in [2.45, 2.75) is 13.2 Å². The van der Waals surface area contributed by atoms with Crippen molar-refractivity contribution in [3.63, 3.8) is 0 Å². The number of nitrogens with zero attached hydrogens (tertiary/aromatic N) is 2. The molecule has 2 rings (SSSR count). The van der Waals surface area contributed by atoms with Crippen molar-refractivity contribution in [2.24, 2.45) is 0 Å². The highest BCUT2D eigenvalue weighted by molar-refractivity contribution is 5.90. The number of benzene rings is 2. The van der Waals surface area contributed by atoms with Gasteiger partial charge < -0.3 is 14.8 Å². The van der Waals surface area contributed by atoms with Gasteiger partial charge in [-0.05, 0) is 11.1 Å². The predicted molar refractivity (Wildman–Crippen MR) is 98.4 cm³/mol. The predicted octanol–water partition coefficient (Wildman–Crippen LogP) is 3.08. The molecule has 0 saturated heterocycles. The van der Waals surface area contributed by atoms with Gasteiger partial charge in [-0.15, -0.1) is 0 Å². The van der Waals surface area contributed by atoms with Crippen LogP contribution in [0.4, 0.5) is 9.59 Å². The van der Waals surface area contributed by atoms with E-state index < -0.39 is 12.1 Å². The summed E-state index contributed by atoms with van der Waals surface area (Å²) >= 11 is 0. The molecule has 0 radical (unpaired) electrons. The fourth-order valence-electron chi connectivity index (χ4n) is 2.20. The summed E-state index contributed by atoms with van der Waals surface area (Å²) in [6, 6.07) is 19.8. The highest BCUT2D eigenvalue weighted by Crippen LogP contribution is 2.05. The number of nitrogens with one attached hydrogen (secondary N) is 1. The quantitative estimate of drug-likeness (QED) is 0.572. The van der Waals surface area contributed by atoms with Crippen LogP contribution in [0.1, 0.15) is 11.1 Å². The van der Waals surface area contributed by atoms with E-state index in [0.717, 1.165) is 16.0 Å². The van der Waals surface area contributed by atoms with Crippen molar-refractivity contribution >= 4 is 12.1 Å². The Labute approximate surface area is 158 Å². The van der Waals surface area contributed by atoms with Crippen LogP contribution in [0.25, 0.3) is 0 Å². The van der Waals surface area contributed by atoms with E-state index in [0.29, 0.717) is 6.61 Å². The number of carbonyl (C=O) groups is 2. The SMILES string of the molecule is N#CCNC(=O)N(CCOCc1ccccc1)C(=O)OCc1ccccc1. The molecule has 0 spiro atoms. The lowest BCUT2D eigenvalue weighted by Gasteiger charge is -2.20. The highest BCUT2D eigenvalue weighted by atomic mass is 16.6. The average molecular weight is 367 g/mol. The first kappa shape index (κ1) is 19.9. The summed E-state index contributed by atoms with van der Waals surface area (Å²) in [6.07, 6.45) is -0.794. The molecule has 2 aromatic carbocycles. The highest BCUT2D eigenvalue weighted by Gasteiger charge is 2.22. The summed E-state index contributed by atoms with van der Waals surface area (Å²) in [4.78, 5) is 25.3. The normalized spacial score (nSPS) is 9.89. The second-order valence-electron chi connectivity index (χ2n) is 5.55. The molecular formula is C20H21N3O4. The third-order valence-electron chi connectivity index (χ3n) is 3.56. The van der Waals surface area contributed by atoms with Gasteiger partial charge in [-0.3, -0.25) is 0 Å².